The molecule has 0 bridgehead atoms. The number of pyridine rings is 1. The smallest absolute Gasteiger partial charge is 0.214 e. The van der Waals surface area contributed by atoms with Crippen LogP contribution in [0.25, 0.3) is 11.2 Å². The van der Waals surface area contributed by atoms with Crippen molar-refractivity contribution in [2.24, 2.45) is 5.73 Å². The van der Waals surface area contributed by atoms with Crippen LogP contribution >= 0.6 is 0 Å². The zero-order valence-electron chi connectivity index (χ0n) is 10.7. The highest BCUT2D eigenvalue weighted by atomic mass is 16.3. The maximum atomic E-state index is 6.14. The number of hydrogen-bond acceptors (Lipinski definition) is 4. The molecule has 3 aromatic rings. The van der Waals surface area contributed by atoms with Crippen LogP contribution in [0.5, 0.6) is 0 Å². The van der Waals surface area contributed by atoms with Gasteiger partial charge in [-0.1, -0.05) is 30.3 Å². The van der Waals surface area contributed by atoms with Crippen molar-refractivity contribution in [1.82, 2.24) is 9.97 Å². The molecular weight excluding hydrogens is 238 g/mol. The highest BCUT2D eigenvalue weighted by Gasteiger charge is 2.15. The fourth-order valence-corrected chi connectivity index (χ4v) is 2.04. The maximum Gasteiger partial charge on any atom is 0.214 e. The number of benzene rings is 1. The number of nitrogens with zero attached hydrogens (tertiary/aromatic N) is 2. The van der Waals surface area contributed by atoms with E-state index in [9.17, 15) is 0 Å². The normalized spacial score (nSPS) is 12.7. The van der Waals surface area contributed by atoms with Crippen molar-refractivity contribution < 1.29 is 4.42 Å². The summed E-state index contributed by atoms with van der Waals surface area (Å²) in [6, 6.07) is 13.6. The zero-order valence-corrected chi connectivity index (χ0v) is 10.7. The van der Waals surface area contributed by atoms with Crippen molar-refractivity contribution in [3.05, 3.63) is 59.6 Å². The van der Waals surface area contributed by atoms with Gasteiger partial charge in [0, 0.05) is 5.69 Å². The Bertz CT molecular complexity index is 691. The first-order chi connectivity index (χ1) is 9.22. The van der Waals surface area contributed by atoms with Crippen molar-refractivity contribution in [1.29, 1.82) is 0 Å². The number of aryl methyl sites for hydroxylation is 1. The van der Waals surface area contributed by atoms with E-state index >= 15 is 0 Å². The molecule has 2 aromatic heterocycles. The van der Waals surface area contributed by atoms with Crippen LogP contribution in [0.3, 0.4) is 0 Å². The summed E-state index contributed by atoms with van der Waals surface area (Å²) < 4.78 is 5.66. The maximum absolute atomic E-state index is 6.14. The molecule has 1 unspecified atom stereocenters. The van der Waals surface area contributed by atoms with E-state index in [2.05, 4.69) is 9.97 Å². The van der Waals surface area contributed by atoms with E-state index in [-0.39, 0.29) is 6.04 Å². The van der Waals surface area contributed by atoms with Gasteiger partial charge in [-0.3, -0.25) is 0 Å². The molecule has 4 nitrogen and oxygen atoms in total. The largest absolute Gasteiger partial charge is 0.437 e. The summed E-state index contributed by atoms with van der Waals surface area (Å²) in [7, 11) is 0. The molecule has 0 radical (unpaired) electrons. The van der Waals surface area contributed by atoms with Crippen LogP contribution in [0.1, 0.15) is 23.2 Å². The summed E-state index contributed by atoms with van der Waals surface area (Å²) >= 11 is 0. The number of oxazole rings is 1. The number of aromatic nitrogens is 2. The molecular formula is C15H15N3O. The minimum atomic E-state index is -0.253. The van der Waals surface area contributed by atoms with Gasteiger partial charge in [0.15, 0.2) is 11.2 Å². The van der Waals surface area contributed by atoms with E-state index < -0.39 is 0 Å². The van der Waals surface area contributed by atoms with Gasteiger partial charge in [-0.2, -0.15) is 4.98 Å². The topological polar surface area (TPSA) is 64.9 Å². The molecule has 4 heteroatoms. The van der Waals surface area contributed by atoms with Crippen LogP contribution in [0.15, 0.2) is 46.9 Å². The van der Waals surface area contributed by atoms with Gasteiger partial charge in [0.2, 0.25) is 5.89 Å². The third kappa shape index (κ3) is 2.48. The highest BCUT2D eigenvalue weighted by molar-refractivity contribution is 5.67. The Morgan fingerprint density at radius 2 is 1.89 bits per heavy atom. The summed E-state index contributed by atoms with van der Waals surface area (Å²) in [5.74, 6) is 0.539. The van der Waals surface area contributed by atoms with Crippen molar-refractivity contribution in [2.75, 3.05) is 0 Å². The third-order valence-electron chi connectivity index (χ3n) is 3.02. The Morgan fingerprint density at radius 1 is 1.11 bits per heavy atom. The predicted octanol–water partition coefficient (Wildman–Crippen LogP) is 2.77. The Balaban J connectivity index is 1.87. The van der Waals surface area contributed by atoms with Crippen LogP contribution < -0.4 is 5.73 Å². The van der Waals surface area contributed by atoms with Gasteiger partial charge >= 0.3 is 0 Å². The second kappa shape index (κ2) is 4.82. The van der Waals surface area contributed by atoms with Gasteiger partial charge in [0.05, 0.1) is 6.04 Å². The second-order valence-corrected chi connectivity index (χ2v) is 4.62. The standard InChI is InChI=1S/C15H15N3O/c1-10-7-8-13-14(17-10)18-15(19-13)12(16)9-11-5-3-2-4-6-11/h2-8,12H,9,16H2,1H3. The van der Waals surface area contributed by atoms with Gasteiger partial charge in [-0.15, -0.1) is 0 Å². The van der Waals surface area contributed by atoms with Gasteiger partial charge in [0.25, 0.3) is 0 Å². The van der Waals surface area contributed by atoms with Crippen LogP contribution in [0.4, 0.5) is 0 Å². The van der Waals surface area contributed by atoms with E-state index in [1.807, 2.05) is 49.4 Å². The molecule has 0 spiro atoms. The summed E-state index contributed by atoms with van der Waals surface area (Å²) in [6.45, 7) is 1.93. The Hall–Kier alpha value is -2.20. The zero-order chi connectivity index (χ0) is 13.2. The second-order valence-electron chi connectivity index (χ2n) is 4.62. The fraction of sp³-hybridized carbons (Fsp3) is 0.200. The molecule has 1 atom stereocenters. The van der Waals surface area contributed by atoms with Crippen LogP contribution in [0, 0.1) is 6.92 Å². The van der Waals surface area contributed by atoms with E-state index in [0.717, 1.165) is 5.69 Å². The lowest BCUT2D eigenvalue weighted by Crippen LogP contribution is -2.13. The number of fused-ring (bicyclic) bond motifs is 1. The summed E-state index contributed by atoms with van der Waals surface area (Å²) in [4.78, 5) is 8.69. The molecule has 2 N–H and O–H groups in total. The number of hydrogen-bond donors (Lipinski definition) is 1. The summed E-state index contributed by atoms with van der Waals surface area (Å²) in [6.07, 6.45) is 0.701. The number of nitrogens with two attached hydrogens (primary N) is 1. The molecule has 0 aliphatic carbocycles. The minimum Gasteiger partial charge on any atom is -0.437 e. The van der Waals surface area contributed by atoms with Crippen molar-refractivity contribution >= 4 is 11.2 Å². The SMILES string of the molecule is Cc1ccc2oc(C(N)Cc3ccccc3)nc2n1. The quantitative estimate of drug-likeness (QED) is 0.779. The van der Waals surface area contributed by atoms with E-state index in [1.54, 1.807) is 0 Å². The van der Waals surface area contributed by atoms with E-state index in [4.69, 9.17) is 10.2 Å². The lowest BCUT2D eigenvalue weighted by atomic mass is 10.1. The molecule has 96 valence electrons. The first-order valence-corrected chi connectivity index (χ1v) is 6.26. The van der Waals surface area contributed by atoms with Crippen molar-refractivity contribution in [2.45, 2.75) is 19.4 Å². The lowest BCUT2D eigenvalue weighted by Gasteiger charge is -2.06. The average molecular weight is 253 g/mol. The molecule has 2 heterocycles. The molecule has 0 amide bonds. The summed E-state index contributed by atoms with van der Waals surface area (Å²) in [5.41, 5.74) is 9.54. The molecule has 0 saturated heterocycles. The molecule has 0 saturated carbocycles. The average Bonchev–Trinajstić information content (AvgIpc) is 2.83. The van der Waals surface area contributed by atoms with Crippen molar-refractivity contribution in [3.8, 4) is 0 Å². The van der Waals surface area contributed by atoms with Crippen molar-refractivity contribution in [3.63, 3.8) is 0 Å². The molecule has 0 aliphatic heterocycles. The van der Waals surface area contributed by atoms with Gasteiger partial charge in [-0.25, -0.2) is 4.98 Å². The van der Waals surface area contributed by atoms with Gasteiger partial charge < -0.3 is 10.2 Å². The van der Waals surface area contributed by atoms with Crippen LogP contribution in [-0.4, -0.2) is 9.97 Å². The minimum absolute atomic E-state index is 0.253. The molecule has 1 aromatic carbocycles. The first kappa shape index (κ1) is 11.9. The van der Waals surface area contributed by atoms with Gasteiger partial charge in [0.1, 0.15) is 0 Å². The molecule has 0 fully saturated rings. The summed E-state index contributed by atoms with van der Waals surface area (Å²) in [5, 5.41) is 0. The lowest BCUT2D eigenvalue weighted by molar-refractivity contribution is 0.474. The molecule has 3 rings (SSSR count). The predicted molar refractivity (Wildman–Crippen MR) is 73.6 cm³/mol. The Kier molecular flexibility index (Phi) is 3.01. The molecule has 0 aliphatic rings. The molecule has 19 heavy (non-hydrogen) atoms. The van der Waals surface area contributed by atoms with E-state index in [0.29, 0.717) is 23.5 Å². The third-order valence-corrected chi connectivity index (χ3v) is 3.02. The number of rotatable bonds is 3. The Morgan fingerprint density at radius 3 is 2.68 bits per heavy atom. The highest BCUT2D eigenvalue weighted by Crippen LogP contribution is 2.20. The van der Waals surface area contributed by atoms with E-state index in [1.165, 1.54) is 5.56 Å². The first-order valence-electron chi connectivity index (χ1n) is 6.26. The fourth-order valence-electron chi connectivity index (χ4n) is 2.04. The monoisotopic (exact) mass is 253 g/mol. The van der Waals surface area contributed by atoms with Gasteiger partial charge in [-0.05, 0) is 31.0 Å². The van der Waals surface area contributed by atoms with Crippen LogP contribution in [-0.2, 0) is 6.42 Å². The van der Waals surface area contributed by atoms with Crippen LogP contribution in [0.2, 0.25) is 0 Å². The Labute approximate surface area is 111 Å².